The molecule has 0 radical (unpaired) electrons. The van der Waals surface area contributed by atoms with E-state index in [9.17, 15) is 28.1 Å². The van der Waals surface area contributed by atoms with Crippen LogP contribution in [0.4, 0.5) is 18.9 Å². The van der Waals surface area contributed by atoms with E-state index < -0.39 is 36.2 Å². The number of rotatable bonds is 9. The Morgan fingerprint density at radius 2 is 1.88 bits per heavy atom. The first-order valence-electron chi connectivity index (χ1n) is 8.20. The van der Waals surface area contributed by atoms with Gasteiger partial charge in [0, 0.05) is 18.2 Å². The molecule has 26 heavy (non-hydrogen) atoms. The molecule has 1 aromatic rings. The van der Waals surface area contributed by atoms with E-state index in [2.05, 4.69) is 0 Å². The molecule has 0 saturated heterocycles. The molecular formula is C17H23F3N2O4. The molecule has 0 bridgehead atoms. The summed E-state index contributed by atoms with van der Waals surface area (Å²) < 4.78 is 44.0. The fraction of sp³-hybridized carbons (Fsp3) is 0.588. The number of carbonyl (C=O) groups is 1. The minimum Gasteiger partial charge on any atom is -0.369 e. The molecule has 0 aromatic heterocycles. The molecule has 1 unspecified atom stereocenters. The zero-order valence-corrected chi connectivity index (χ0v) is 15.0. The smallest absolute Gasteiger partial charge is 0.369 e. The lowest BCUT2D eigenvalue weighted by Crippen LogP contribution is -2.44. The maximum absolute atomic E-state index is 12.9. The standard InChI is InChI=1S/C17H23F3N2O4/c1-12(2)8-9-26-13(3)16(23)21(11-17(18,19)20)10-14-6-4-5-7-15(14)22(24)25/h4-7,12-13H,8-11H2,1-3H3. The van der Waals surface area contributed by atoms with Crippen LogP contribution in [-0.4, -0.2) is 41.2 Å². The number of nitro groups is 1. The minimum absolute atomic E-state index is 0.0319. The second-order valence-electron chi connectivity index (χ2n) is 6.39. The number of nitro benzene ring substituents is 1. The fourth-order valence-corrected chi connectivity index (χ4v) is 2.27. The van der Waals surface area contributed by atoms with Gasteiger partial charge in [0.15, 0.2) is 0 Å². The van der Waals surface area contributed by atoms with Crippen molar-refractivity contribution in [2.75, 3.05) is 13.2 Å². The van der Waals surface area contributed by atoms with Gasteiger partial charge in [-0.3, -0.25) is 14.9 Å². The highest BCUT2D eigenvalue weighted by Crippen LogP contribution is 2.23. The molecule has 0 saturated carbocycles. The topological polar surface area (TPSA) is 72.7 Å². The third-order valence-corrected chi connectivity index (χ3v) is 3.64. The van der Waals surface area contributed by atoms with Crippen molar-refractivity contribution >= 4 is 11.6 Å². The van der Waals surface area contributed by atoms with Gasteiger partial charge in [0.25, 0.3) is 11.6 Å². The molecule has 0 heterocycles. The highest BCUT2D eigenvalue weighted by molar-refractivity contribution is 5.80. The fourth-order valence-electron chi connectivity index (χ4n) is 2.27. The van der Waals surface area contributed by atoms with Crippen LogP contribution >= 0.6 is 0 Å². The van der Waals surface area contributed by atoms with Crippen molar-refractivity contribution in [3.8, 4) is 0 Å². The Balaban J connectivity index is 2.95. The summed E-state index contributed by atoms with van der Waals surface area (Å²) in [4.78, 5) is 23.3. The maximum Gasteiger partial charge on any atom is 0.406 e. The number of para-hydroxylation sites is 1. The number of alkyl halides is 3. The first-order valence-corrected chi connectivity index (χ1v) is 8.20. The predicted octanol–water partition coefficient (Wildman–Crippen LogP) is 3.94. The van der Waals surface area contributed by atoms with Crippen molar-refractivity contribution in [3.63, 3.8) is 0 Å². The molecule has 1 rings (SSSR count). The van der Waals surface area contributed by atoms with Gasteiger partial charge in [-0.1, -0.05) is 32.0 Å². The first kappa shape index (κ1) is 21.9. The Bertz CT molecular complexity index is 620. The van der Waals surface area contributed by atoms with Crippen molar-refractivity contribution in [2.45, 2.75) is 46.0 Å². The Morgan fingerprint density at radius 3 is 2.42 bits per heavy atom. The Hall–Kier alpha value is -2.16. The van der Waals surface area contributed by atoms with Gasteiger partial charge in [-0.05, 0) is 19.3 Å². The Labute approximate surface area is 150 Å². The zero-order valence-electron chi connectivity index (χ0n) is 15.0. The lowest BCUT2D eigenvalue weighted by molar-refractivity contribution is -0.385. The summed E-state index contributed by atoms with van der Waals surface area (Å²) in [5, 5.41) is 11.1. The van der Waals surface area contributed by atoms with Gasteiger partial charge in [-0.15, -0.1) is 0 Å². The van der Waals surface area contributed by atoms with E-state index in [1.165, 1.54) is 31.2 Å². The quantitative estimate of drug-likeness (QED) is 0.483. The number of ether oxygens (including phenoxy) is 1. The van der Waals surface area contributed by atoms with Crippen molar-refractivity contribution in [1.82, 2.24) is 4.90 Å². The molecule has 0 spiro atoms. The van der Waals surface area contributed by atoms with Crippen LogP contribution in [0.25, 0.3) is 0 Å². The number of hydrogen-bond acceptors (Lipinski definition) is 4. The number of amides is 1. The molecule has 1 atom stereocenters. The summed E-state index contributed by atoms with van der Waals surface area (Å²) in [6, 6.07) is 5.41. The minimum atomic E-state index is -4.63. The molecule has 6 nitrogen and oxygen atoms in total. The van der Waals surface area contributed by atoms with E-state index in [-0.39, 0.29) is 17.9 Å². The predicted molar refractivity (Wildman–Crippen MR) is 89.4 cm³/mol. The van der Waals surface area contributed by atoms with Crippen molar-refractivity contribution < 1.29 is 27.6 Å². The van der Waals surface area contributed by atoms with Crippen LogP contribution in [0.1, 0.15) is 32.8 Å². The molecule has 0 N–H and O–H groups in total. The van der Waals surface area contributed by atoms with Crippen LogP contribution in [0.3, 0.4) is 0 Å². The lowest BCUT2D eigenvalue weighted by atomic mass is 10.1. The summed E-state index contributed by atoms with van der Waals surface area (Å²) in [6.45, 7) is 3.52. The van der Waals surface area contributed by atoms with Crippen LogP contribution < -0.4 is 0 Å². The van der Waals surface area contributed by atoms with E-state index in [0.717, 1.165) is 0 Å². The highest BCUT2D eigenvalue weighted by Gasteiger charge is 2.35. The van der Waals surface area contributed by atoms with Crippen LogP contribution in [-0.2, 0) is 16.1 Å². The van der Waals surface area contributed by atoms with E-state index >= 15 is 0 Å². The molecule has 146 valence electrons. The molecular weight excluding hydrogens is 353 g/mol. The number of halogens is 3. The number of carbonyl (C=O) groups excluding carboxylic acids is 1. The van der Waals surface area contributed by atoms with Crippen molar-refractivity contribution in [1.29, 1.82) is 0 Å². The maximum atomic E-state index is 12.9. The van der Waals surface area contributed by atoms with Crippen LogP contribution in [0.5, 0.6) is 0 Å². The van der Waals surface area contributed by atoms with Gasteiger partial charge in [0.2, 0.25) is 0 Å². The van der Waals surface area contributed by atoms with Crippen molar-refractivity contribution in [3.05, 3.63) is 39.9 Å². The molecule has 0 aliphatic rings. The van der Waals surface area contributed by atoms with Gasteiger partial charge in [0.1, 0.15) is 12.6 Å². The van der Waals surface area contributed by atoms with Crippen molar-refractivity contribution in [2.24, 2.45) is 5.92 Å². The largest absolute Gasteiger partial charge is 0.406 e. The third kappa shape index (κ3) is 7.38. The van der Waals surface area contributed by atoms with Gasteiger partial charge in [-0.25, -0.2) is 0 Å². The van der Waals surface area contributed by atoms with Gasteiger partial charge >= 0.3 is 6.18 Å². The molecule has 9 heteroatoms. The SMILES string of the molecule is CC(C)CCOC(C)C(=O)N(Cc1ccccc1[N+](=O)[O-])CC(F)(F)F. The van der Waals surface area contributed by atoms with E-state index in [4.69, 9.17) is 4.74 Å². The average molecular weight is 376 g/mol. The Kier molecular flexibility index (Phi) is 8.01. The number of nitrogens with zero attached hydrogens (tertiary/aromatic N) is 2. The number of benzene rings is 1. The zero-order chi connectivity index (χ0) is 19.9. The molecule has 0 aliphatic heterocycles. The number of hydrogen-bond donors (Lipinski definition) is 0. The second-order valence-corrected chi connectivity index (χ2v) is 6.39. The summed E-state index contributed by atoms with van der Waals surface area (Å²) in [5.74, 6) is -0.528. The summed E-state index contributed by atoms with van der Waals surface area (Å²) in [7, 11) is 0. The van der Waals surface area contributed by atoms with E-state index in [1.807, 2.05) is 13.8 Å². The molecule has 0 fully saturated rings. The normalized spacial score (nSPS) is 12.9. The average Bonchev–Trinajstić information content (AvgIpc) is 2.52. The highest BCUT2D eigenvalue weighted by atomic mass is 19.4. The van der Waals surface area contributed by atoms with Crippen LogP contribution in [0, 0.1) is 16.0 Å². The first-order chi connectivity index (χ1) is 12.0. The lowest BCUT2D eigenvalue weighted by Gasteiger charge is -2.27. The summed E-state index contributed by atoms with van der Waals surface area (Å²) >= 11 is 0. The summed E-state index contributed by atoms with van der Waals surface area (Å²) in [6.07, 6.45) is -5.03. The molecule has 0 aliphatic carbocycles. The van der Waals surface area contributed by atoms with E-state index in [1.54, 1.807) is 0 Å². The van der Waals surface area contributed by atoms with Gasteiger partial charge in [0.05, 0.1) is 11.5 Å². The summed E-state index contributed by atoms with van der Waals surface area (Å²) in [5.41, 5.74) is -0.301. The monoisotopic (exact) mass is 376 g/mol. The second kappa shape index (κ2) is 9.51. The van der Waals surface area contributed by atoms with Crippen LogP contribution in [0.2, 0.25) is 0 Å². The van der Waals surface area contributed by atoms with Gasteiger partial charge in [-0.2, -0.15) is 13.2 Å². The molecule has 1 aromatic carbocycles. The van der Waals surface area contributed by atoms with Crippen LogP contribution in [0.15, 0.2) is 24.3 Å². The van der Waals surface area contributed by atoms with E-state index in [0.29, 0.717) is 17.2 Å². The molecule has 1 amide bonds. The van der Waals surface area contributed by atoms with Gasteiger partial charge < -0.3 is 9.64 Å². The Morgan fingerprint density at radius 1 is 1.27 bits per heavy atom. The third-order valence-electron chi connectivity index (χ3n) is 3.64.